The molecule has 3 rings (SSSR count). The molecule has 1 aromatic heterocycles. The van der Waals surface area contributed by atoms with Crippen LogP contribution in [0.1, 0.15) is 4.88 Å². The van der Waals surface area contributed by atoms with Gasteiger partial charge in [-0.3, -0.25) is 0 Å². The number of nitrogens with zero attached hydrogens (tertiary/aromatic N) is 2. The first kappa shape index (κ1) is 18.0. The van der Waals surface area contributed by atoms with Gasteiger partial charge in [-0.05, 0) is 31.2 Å². The average Bonchev–Trinajstić information content (AvgIpc) is 3.08. The molecule has 1 aliphatic rings. The molecular formula is C17H22N2O4S2. The van der Waals surface area contributed by atoms with Gasteiger partial charge in [-0.15, -0.1) is 11.3 Å². The van der Waals surface area contributed by atoms with E-state index in [1.54, 1.807) is 24.6 Å². The van der Waals surface area contributed by atoms with E-state index in [9.17, 15) is 8.42 Å². The van der Waals surface area contributed by atoms with Crippen molar-refractivity contribution in [3.05, 3.63) is 35.2 Å². The fourth-order valence-corrected chi connectivity index (χ4v) is 5.75. The lowest BCUT2D eigenvalue weighted by molar-refractivity contribution is 0.376. The Bertz CT molecular complexity index is 840. The van der Waals surface area contributed by atoms with Crippen molar-refractivity contribution in [1.29, 1.82) is 0 Å². The average molecular weight is 383 g/mol. The summed E-state index contributed by atoms with van der Waals surface area (Å²) < 4.78 is 38.1. The van der Waals surface area contributed by atoms with E-state index >= 15 is 0 Å². The third-order valence-electron chi connectivity index (χ3n) is 4.28. The second kappa shape index (κ2) is 7.23. The maximum absolute atomic E-state index is 12.7. The third kappa shape index (κ3) is 3.61. The first-order chi connectivity index (χ1) is 12.0. The van der Waals surface area contributed by atoms with Crippen LogP contribution < -0.4 is 14.4 Å². The van der Waals surface area contributed by atoms with Gasteiger partial charge in [0.05, 0.1) is 19.9 Å². The fourth-order valence-electron chi connectivity index (χ4n) is 2.89. The van der Waals surface area contributed by atoms with Crippen LogP contribution >= 0.6 is 11.3 Å². The Labute approximate surface area is 152 Å². The molecule has 0 atom stereocenters. The van der Waals surface area contributed by atoms with Crippen LogP contribution in [0.4, 0.5) is 5.69 Å². The van der Waals surface area contributed by atoms with Crippen LogP contribution in [0.5, 0.6) is 11.5 Å². The number of piperazine rings is 1. The zero-order valence-corrected chi connectivity index (χ0v) is 16.2. The van der Waals surface area contributed by atoms with Gasteiger partial charge in [-0.1, -0.05) is 0 Å². The van der Waals surface area contributed by atoms with Crippen molar-refractivity contribution in [3.63, 3.8) is 0 Å². The van der Waals surface area contributed by atoms with Crippen LogP contribution in [0.2, 0.25) is 0 Å². The van der Waals surface area contributed by atoms with Crippen molar-refractivity contribution in [2.75, 3.05) is 45.3 Å². The first-order valence-electron chi connectivity index (χ1n) is 7.99. The molecule has 0 aliphatic carbocycles. The Hall–Kier alpha value is -1.77. The lowest BCUT2D eigenvalue weighted by Gasteiger charge is -2.35. The van der Waals surface area contributed by atoms with Gasteiger partial charge in [0, 0.05) is 37.1 Å². The van der Waals surface area contributed by atoms with Gasteiger partial charge in [0.2, 0.25) is 0 Å². The second-order valence-corrected chi connectivity index (χ2v) is 9.25. The van der Waals surface area contributed by atoms with Gasteiger partial charge in [-0.2, -0.15) is 4.31 Å². The van der Waals surface area contributed by atoms with Crippen molar-refractivity contribution in [2.24, 2.45) is 0 Å². The molecule has 1 aromatic carbocycles. The summed E-state index contributed by atoms with van der Waals surface area (Å²) in [5.74, 6) is 1.46. The summed E-state index contributed by atoms with van der Waals surface area (Å²) in [6.45, 7) is 4.05. The number of ether oxygens (including phenoxy) is 2. The van der Waals surface area contributed by atoms with Crippen LogP contribution in [0.3, 0.4) is 0 Å². The predicted octanol–water partition coefficient (Wildman–Crippen LogP) is 2.58. The molecule has 1 fully saturated rings. The summed E-state index contributed by atoms with van der Waals surface area (Å²) >= 11 is 1.32. The number of methoxy groups -OCH3 is 2. The number of sulfonamides is 1. The van der Waals surface area contributed by atoms with E-state index in [-0.39, 0.29) is 0 Å². The molecule has 0 spiro atoms. The molecule has 0 unspecified atom stereocenters. The fraction of sp³-hybridized carbons (Fsp3) is 0.412. The molecule has 1 aliphatic heterocycles. The molecule has 0 amide bonds. The minimum Gasteiger partial charge on any atom is -0.497 e. The monoisotopic (exact) mass is 382 g/mol. The predicted molar refractivity (Wildman–Crippen MR) is 99.6 cm³/mol. The van der Waals surface area contributed by atoms with Gasteiger partial charge in [0.15, 0.2) is 0 Å². The number of rotatable bonds is 5. The number of anilines is 1. The van der Waals surface area contributed by atoms with Crippen LogP contribution in [0, 0.1) is 6.92 Å². The third-order valence-corrected chi connectivity index (χ3v) is 7.64. The molecule has 0 bridgehead atoms. The molecule has 6 nitrogen and oxygen atoms in total. The molecule has 0 N–H and O–H groups in total. The van der Waals surface area contributed by atoms with Crippen molar-refractivity contribution in [2.45, 2.75) is 11.1 Å². The number of thiophene rings is 1. The first-order valence-corrected chi connectivity index (χ1v) is 10.2. The molecular weight excluding hydrogens is 360 g/mol. The summed E-state index contributed by atoms with van der Waals surface area (Å²) in [6.07, 6.45) is 0. The molecule has 0 radical (unpaired) electrons. The zero-order valence-electron chi connectivity index (χ0n) is 14.6. The topological polar surface area (TPSA) is 59.1 Å². The van der Waals surface area contributed by atoms with Crippen molar-refractivity contribution >= 4 is 27.0 Å². The van der Waals surface area contributed by atoms with Gasteiger partial charge >= 0.3 is 0 Å². The highest BCUT2D eigenvalue weighted by Gasteiger charge is 2.30. The summed E-state index contributed by atoms with van der Waals surface area (Å²) in [4.78, 5) is 3.14. The standard InChI is InChI=1S/C17H22N2O4S2/c1-13-4-7-17(24-13)25(20,21)19-10-8-18(9-11-19)15-6-5-14(22-2)12-16(15)23-3/h4-7,12H,8-11H2,1-3H3. The number of hydrogen-bond donors (Lipinski definition) is 0. The summed E-state index contributed by atoms with van der Waals surface area (Å²) in [7, 11) is -0.161. The summed E-state index contributed by atoms with van der Waals surface area (Å²) in [5.41, 5.74) is 0.951. The lowest BCUT2D eigenvalue weighted by atomic mass is 10.2. The number of aryl methyl sites for hydroxylation is 1. The Morgan fingerprint density at radius 3 is 2.28 bits per heavy atom. The summed E-state index contributed by atoms with van der Waals surface area (Å²) in [5, 5.41) is 0. The highest BCUT2D eigenvalue weighted by atomic mass is 32.2. The molecule has 2 aromatic rings. The van der Waals surface area contributed by atoms with Gasteiger partial charge in [-0.25, -0.2) is 8.42 Å². The Balaban J connectivity index is 1.74. The Morgan fingerprint density at radius 1 is 1.00 bits per heavy atom. The minimum atomic E-state index is -3.40. The van der Waals surface area contributed by atoms with Crippen molar-refractivity contribution in [3.8, 4) is 11.5 Å². The maximum Gasteiger partial charge on any atom is 0.252 e. The van der Waals surface area contributed by atoms with Gasteiger partial charge < -0.3 is 14.4 Å². The Morgan fingerprint density at radius 2 is 1.72 bits per heavy atom. The second-order valence-electron chi connectivity index (χ2n) is 5.79. The van der Waals surface area contributed by atoms with Crippen LogP contribution in [-0.2, 0) is 10.0 Å². The smallest absolute Gasteiger partial charge is 0.252 e. The van der Waals surface area contributed by atoms with Crippen molar-refractivity contribution in [1.82, 2.24) is 4.31 Å². The van der Waals surface area contributed by atoms with Crippen molar-refractivity contribution < 1.29 is 17.9 Å². The highest BCUT2D eigenvalue weighted by Crippen LogP contribution is 2.33. The number of benzene rings is 1. The molecule has 2 heterocycles. The van der Waals surface area contributed by atoms with E-state index in [1.807, 2.05) is 31.2 Å². The lowest BCUT2D eigenvalue weighted by Crippen LogP contribution is -2.48. The van der Waals surface area contributed by atoms with E-state index in [2.05, 4.69) is 4.90 Å². The van der Waals surface area contributed by atoms with E-state index in [1.165, 1.54) is 11.3 Å². The minimum absolute atomic E-state index is 0.417. The van der Waals surface area contributed by atoms with E-state index < -0.39 is 10.0 Å². The van der Waals surface area contributed by atoms with Crippen LogP contribution in [0.15, 0.2) is 34.5 Å². The normalized spacial score (nSPS) is 16.0. The molecule has 1 saturated heterocycles. The largest absolute Gasteiger partial charge is 0.497 e. The Kier molecular flexibility index (Phi) is 5.21. The maximum atomic E-state index is 12.7. The van der Waals surface area contributed by atoms with E-state index in [4.69, 9.17) is 9.47 Å². The molecule has 0 saturated carbocycles. The van der Waals surface area contributed by atoms with Crippen LogP contribution in [0.25, 0.3) is 0 Å². The van der Waals surface area contributed by atoms with Crippen LogP contribution in [-0.4, -0.2) is 53.1 Å². The van der Waals surface area contributed by atoms with E-state index in [0.717, 1.165) is 22.1 Å². The van der Waals surface area contributed by atoms with E-state index in [0.29, 0.717) is 30.4 Å². The van der Waals surface area contributed by atoms with Gasteiger partial charge in [0.25, 0.3) is 10.0 Å². The SMILES string of the molecule is COc1ccc(N2CCN(S(=O)(=O)c3ccc(C)s3)CC2)c(OC)c1. The zero-order chi connectivity index (χ0) is 18.0. The molecule has 25 heavy (non-hydrogen) atoms. The molecule has 8 heteroatoms. The summed E-state index contributed by atoms with van der Waals surface area (Å²) in [6, 6.07) is 9.21. The van der Waals surface area contributed by atoms with Gasteiger partial charge in [0.1, 0.15) is 15.7 Å². The molecule has 136 valence electrons. The highest BCUT2D eigenvalue weighted by molar-refractivity contribution is 7.91. The number of hydrogen-bond acceptors (Lipinski definition) is 6. The quantitative estimate of drug-likeness (QED) is 0.796.